The smallest absolute Gasteiger partial charge is 0.337 e. The van der Waals surface area contributed by atoms with E-state index in [0.29, 0.717) is 0 Å². The summed E-state index contributed by atoms with van der Waals surface area (Å²) < 4.78 is 4.56. The first-order valence-corrected chi connectivity index (χ1v) is 6.96. The van der Waals surface area contributed by atoms with Crippen LogP contribution in [0, 0.1) is 10.1 Å². The van der Waals surface area contributed by atoms with Gasteiger partial charge in [0.15, 0.2) is 0 Å². The summed E-state index contributed by atoms with van der Waals surface area (Å²) in [4.78, 5) is 45.7. The molecule has 2 rings (SSSR count). The second kappa shape index (κ2) is 7.68. The molecule has 0 bridgehead atoms. The van der Waals surface area contributed by atoms with Crippen molar-refractivity contribution in [2.45, 2.75) is 0 Å². The lowest BCUT2D eigenvalue weighted by Gasteiger charge is -2.08. The molecule has 0 aliphatic carbocycles. The largest absolute Gasteiger partial charge is 0.465 e. The van der Waals surface area contributed by atoms with Crippen LogP contribution in [-0.4, -0.2) is 29.8 Å². The zero-order valence-corrected chi connectivity index (χ0v) is 13.0. The molecule has 0 aromatic heterocycles. The fourth-order valence-corrected chi connectivity index (χ4v) is 1.98. The van der Waals surface area contributed by atoms with Gasteiger partial charge in [0.2, 0.25) is 0 Å². The van der Waals surface area contributed by atoms with Gasteiger partial charge >= 0.3 is 5.97 Å². The molecule has 2 aromatic rings. The highest BCUT2D eigenvalue weighted by Crippen LogP contribution is 2.17. The number of benzene rings is 2. The van der Waals surface area contributed by atoms with Crippen molar-refractivity contribution in [3.8, 4) is 0 Å². The van der Waals surface area contributed by atoms with Crippen molar-refractivity contribution in [1.29, 1.82) is 0 Å². The van der Waals surface area contributed by atoms with Gasteiger partial charge in [-0.05, 0) is 24.3 Å². The standard InChI is InChI=1S/C16H13N3O6/c1-25-16(22)11-6-4-5-10(9-11)14(20)17-18-15(21)12-7-2-3-8-13(12)19(23)24/h2-9H,1H3,(H,17,20)(H,18,21). The molecule has 25 heavy (non-hydrogen) atoms. The third-order valence-electron chi connectivity index (χ3n) is 3.18. The molecule has 0 heterocycles. The molecule has 2 amide bonds. The number of rotatable bonds is 4. The molecule has 2 N–H and O–H groups in total. The Hall–Kier alpha value is -3.75. The molecule has 0 aliphatic heterocycles. The van der Waals surface area contributed by atoms with E-state index in [-0.39, 0.29) is 22.4 Å². The van der Waals surface area contributed by atoms with Crippen LogP contribution >= 0.6 is 0 Å². The lowest BCUT2D eigenvalue weighted by molar-refractivity contribution is -0.385. The van der Waals surface area contributed by atoms with E-state index in [4.69, 9.17) is 0 Å². The van der Waals surface area contributed by atoms with Crippen molar-refractivity contribution in [2.75, 3.05) is 7.11 Å². The second-order valence-electron chi connectivity index (χ2n) is 4.75. The predicted octanol–water partition coefficient (Wildman–Crippen LogP) is 1.46. The van der Waals surface area contributed by atoms with E-state index in [9.17, 15) is 24.5 Å². The molecule has 9 nitrogen and oxygen atoms in total. The molecular weight excluding hydrogens is 330 g/mol. The van der Waals surface area contributed by atoms with Gasteiger partial charge in [0.1, 0.15) is 5.56 Å². The van der Waals surface area contributed by atoms with Crippen molar-refractivity contribution in [3.63, 3.8) is 0 Å². The molecule has 0 atom stereocenters. The number of nitrogens with zero attached hydrogens (tertiary/aromatic N) is 1. The molecule has 0 saturated carbocycles. The molecule has 0 fully saturated rings. The van der Waals surface area contributed by atoms with E-state index < -0.39 is 22.7 Å². The van der Waals surface area contributed by atoms with Gasteiger partial charge in [-0.15, -0.1) is 0 Å². The molecule has 0 spiro atoms. The predicted molar refractivity (Wildman–Crippen MR) is 85.8 cm³/mol. The van der Waals surface area contributed by atoms with Crippen molar-refractivity contribution >= 4 is 23.5 Å². The zero-order chi connectivity index (χ0) is 18.4. The van der Waals surface area contributed by atoms with Gasteiger partial charge in [-0.3, -0.25) is 30.6 Å². The van der Waals surface area contributed by atoms with Crippen molar-refractivity contribution in [3.05, 3.63) is 75.3 Å². The van der Waals surface area contributed by atoms with Crippen LogP contribution in [0.25, 0.3) is 0 Å². The maximum atomic E-state index is 12.1. The van der Waals surface area contributed by atoms with Crippen molar-refractivity contribution in [2.24, 2.45) is 0 Å². The molecule has 0 aliphatic rings. The summed E-state index contributed by atoms with van der Waals surface area (Å²) in [6.07, 6.45) is 0. The summed E-state index contributed by atoms with van der Waals surface area (Å²) in [6, 6.07) is 11.0. The zero-order valence-electron chi connectivity index (χ0n) is 13.0. The molecule has 0 radical (unpaired) electrons. The average molecular weight is 343 g/mol. The Morgan fingerprint density at radius 1 is 0.960 bits per heavy atom. The SMILES string of the molecule is COC(=O)c1cccc(C(=O)NNC(=O)c2ccccc2[N+](=O)[O-])c1. The van der Waals surface area contributed by atoms with E-state index in [1.807, 2.05) is 0 Å². The Balaban J connectivity index is 2.09. The van der Waals surface area contributed by atoms with Gasteiger partial charge in [0.25, 0.3) is 17.5 Å². The van der Waals surface area contributed by atoms with Gasteiger partial charge in [0, 0.05) is 11.6 Å². The van der Waals surface area contributed by atoms with Crippen LogP contribution in [0.2, 0.25) is 0 Å². The average Bonchev–Trinajstić information content (AvgIpc) is 2.65. The van der Waals surface area contributed by atoms with Crippen LogP contribution in [0.15, 0.2) is 48.5 Å². The Labute approximate surface area is 141 Å². The van der Waals surface area contributed by atoms with Crippen LogP contribution in [0.3, 0.4) is 0 Å². The van der Waals surface area contributed by atoms with Crippen LogP contribution < -0.4 is 10.9 Å². The van der Waals surface area contributed by atoms with E-state index in [1.54, 1.807) is 0 Å². The summed E-state index contributed by atoms with van der Waals surface area (Å²) in [7, 11) is 1.21. The number of amides is 2. The van der Waals surface area contributed by atoms with Gasteiger partial charge in [-0.1, -0.05) is 18.2 Å². The lowest BCUT2D eigenvalue weighted by Crippen LogP contribution is -2.41. The number of hydrogen-bond acceptors (Lipinski definition) is 6. The summed E-state index contributed by atoms with van der Waals surface area (Å²) in [5, 5.41) is 10.9. The van der Waals surface area contributed by atoms with E-state index in [2.05, 4.69) is 15.6 Å². The van der Waals surface area contributed by atoms with Crippen LogP contribution in [0.1, 0.15) is 31.1 Å². The minimum absolute atomic E-state index is 0.103. The molecule has 2 aromatic carbocycles. The number of nitro benzene ring substituents is 1. The third-order valence-corrected chi connectivity index (χ3v) is 3.18. The number of hydrogen-bond donors (Lipinski definition) is 2. The summed E-state index contributed by atoms with van der Waals surface area (Å²) in [5.74, 6) is -2.15. The van der Waals surface area contributed by atoms with E-state index in [0.717, 1.165) is 0 Å². The highest BCUT2D eigenvalue weighted by molar-refractivity contribution is 6.02. The topological polar surface area (TPSA) is 128 Å². The minimum atomic E-state index is -0.843. The Morgan fingerprint density at radius 3 is 2.28 bits per heavy atom. The van der Waals surface area contributed by atoms with E-state index in [1.165, 1.54) is 55.6 Å². The number of hydrazine groups is 1. The van der Waals surface area contributed by atoms with Crippen LogP contribution in [0.5, 0.6) is 0 Å². The highest BCUT2D eigenvalue weighted by Gasteiger charge is 2.19. The normalized spacial score (nSPS) is 9.80. The number of methoxy groups -OCH3 is 1. The fourth-order valence-electron chi connectivity index (χ4n) is 1.98. The molecule has 0 saturated heterocycles. The summed E-state index contributed by atoms with van der Waals surface area (Å²) in [5.41, 5.74) is 3.91. The Bertz CT molecular complexity index is 849. The first kappa shape index (κ1) is 17.6. The highest BCUT2D eigenvalue weighted by atomic mass is 16.6. The fraction of sp³-hybridized carbons (Fsp3) is 0.0625. The number of para-hydroxylation sites is 1. The Morgan fingerprint density at radius 2 is 1.60 bits per heavy atom. The van der Waals surface area contributed by atoms with Gasteiger partial charge < -0.3 is 4.74 Å². The molecule has 0 unspecified atom stereocenters. The van der Waals surface area contributed by atoms with Crippen molar-refractivity contribution < 1.29 is 24.0 Å². The number of esters is 1. The molecule has 9 heteroatoms. The number of ether oxygens (including phenoxy) is 1. The van der Waals surface area contributed by atoms with Gasteiger partial charge in [0.05, 0.1) is 17.6 Å². The number of nitro groups is 1. The van der Waals surface area contributed by atoms with Gasteiger partial charge in [-0.25, -0.2) is 4.79 Å². The van der Waals surface area contributed by atoms with Gasteiger partial charge in [-0.2, -0.15) is 0 Å². The van der Waals surface area contributed by atoms with E-state index >= 15 is 0 Å². The van der Waals surface area contributed by atoms with Crippen LogP contribution in [-0.2, 0) is 4.74 Å². The van der Waals surface area contributed by atoms with Crippen molar-refractivity contribution in [1.82, 2.24) is 10.9 Å². The second-order valence-corrected chi connectivity index (χ2v) is 4.75. The summed E-state index contributed by atoms with van der Waals surface area (Å²) >= 11 is 0. The number of carbonyl (C=O) groups excluding carboxylic acids is 3. The number of carbonyl (C=O) groups is 3. The monoisotopic (exact) mass is 343 g/mol. The first-order chi connectivity index (χ1) is 11.9. The maximum Gasteiger partial charge on any atom is 0.337 e. The number of nitrogens with one attached hydrogen (secondary N) is 2. The molecule has 128 valence electrons. The van der Waals surface area contributed by atoms with Crippen LogP contribution in [0.4, 0.5) is 5.69 Å². The lowest BCUT2D eigenvalue weighted by atomic mass is 10.1. The Kier molecular flexibility index (Phi) is 5.41. The quantitative estimate of drug-likeness (QED) is 0.491. The first-order valence-electron chi connectivity index (χ1n) is 6.96. The maximum absolute atomic E-state index is 12.1. The summed E-state index contributed by atoms with van der Waals surface area (Å²) in [6.45, 7) is 0. The third kappa shape index (κ3) is 4.16. The molecular formula is C16H13N3O6. The minimum Gasteiger partial charge on any atom is -0.465 e.